The van der Waals surface area contributed by atoms with Crippen molar-refractivity contribution in [2.24, 2.45) is 0 Å². The van der Waals surface area contributed by atoms with Crippen molar-refractivity contribution in [2.45, 2.75) is 0 Å². The summed E-state index contributed by atoms with van der Waals surface area (Å²) in [6, 6.07) is 21.5. The van der Waals surface area contributed by atoms with Crippen LogP contribution in [0.5, 0.6) is 0 Å². The first kappa shape index (κ1) is 43.9. The van der Waals surface area contributed by atoms with Gasteiger partial charge in [-0.15, -0.1) is 21.9 Å². The molecule has 0 saturated carbocycles. The van der Waals surface area contributed by atoms with E-state index in [1.807, 2.05) is 0 Å². The Morgan fingerprint density at radius 3 is 0.552 bits per heavy atom. The molecule has 0 atom stereocenters. The summed E-state index contributed by atoms with van der Waals surface area (Å²) in [5, 5.41) is 0. The molecule has 6 aromatic rings. The van der Waals surface area contributed by atoms with Crippen LogP contribution >= 0.6 is 0 Å². The van der Waals surface area contributed by atoms with E-state index in [-0.39, 0.29) is 21.6 Å². The monoisotopic (exact) mass is 954 g/mol. The van der Waals surface area contributed by atoms with Gasteiger partial charge in [0.1, 0.15) is 52.7 Å². The molecular weight excluding hydrogens is 945 g/mol. The summed E-state index contributed by atoms with van der Waals surface area (Å²) in [5.74, 6) is -71.4. The zero-order valence-electron chi connectivity index (χ0n) is 27.4. The fraction of sp³-hybridized carbons (Fsp3) is 0. The minimum absolute atomic E-state index is 0.335. The summed E-state index contributed by atoms with van der Waals surface area (Å²) in [6.45, 7) is 0. The van der Waals surface area contributed by atoms with E-state index < -0.39 is 144 Å². The summed E-state index contributed by atoms with van der Waals surface area (Å²) in [4.78, 5) is 0. The second-order valence-corrected chi connectivity index (χ2v) is 15.2. The third-order valence-corrected chi connectivity index (χ3v) is 11.7. The Morgan fingerprint density at radius 1 is 0.224 bits per heavy atom. The Kier molecular flexibility index (Phi) is 12.6. The molecule has 0 aliphatic rings. The van der Waals surface area contributed by atoms with Crippen LogP contribution in [-0.4, -0.2) is 27.8 Å². The first-order chi connectivity index (χ1) is 27.2. The standard InChI is InChI=1S/C24BF20.2C6H5.Sb/c26-5-1(6(27)14(35)21(42)13(5)34)25(2-7(28)15(36)22(43)16(37)8(2)29,3-9(30)17(38)23(44)18(39)10(3)31)4-11(32)19(40)24(45)20(41)12(4)33;2*1-2-4-6-5-3-1;/h;2*1-5H;/q-1;;;+1. The van der Waals surface area contributed by atoms with Crippen molar-refractivity contribution in [3.8, 4) is 0 Å². The van der Waals surface area contributed by atoms with Crippen LogP contribution < -0.4 is 28.9 Å². The number of hydrogen-bond acceptors (Lipinski definition) is 0. The fourth-order valence-corrected chi connectivity index (χ4v) is 8.71. The van der Waals surface area contributed by atoms with Gasteiger partial charge < -0.3 is 0 Å². The van der Waals surface area contributed by atoms with Crippen LogP contribution in [0.2, 0.25) is 0 Å². The van der Waals surface area contributed by atoms with E-state index >= 15 is 35.1 Å². The molecule has 2 radical (unpaired) electrons. The van der Waals surface area contributed by atoms with Crippen LogP contribution in [-0.2, 0) is 0 Å². The molecule has 0 fully saturated rings. The van der Waals surface area contributed by atoms with E-state index in [4.69, 9.17) is 0 Å². The van der Waals surface area contributed by atoms with E-state index in [0.29, 0.717) is 0 Å². The molecular formula is C36H10BF20Sb. The molecule has 22 heteroatoms. The molecule has 0 N–H and O–H groups in total. The fourth-order valence-electron chi connectivity index (χ4n) is 6.03. The Bertz CT molecular complexity index is 2170. The van der Waals surface area contributed by atoms with Gasteiger partial charge in [0.2, 0.25) is 0 Å². The predicted molar refractivity (Wildman–Crippen MR) is 167 cm³/mol. The van der Waals surface area contributed by atoms with Crippen LogP contribution in [0.15, 0.2) is 60.7 Å². The summed E-state index contributed by atoms with van der Waals surface area (Å²) in [5.41, 5.74) is -14.3. The van der Waals surface area contributed by atoms with E-state index in [9.17, 15) is 52.7 Å². The van der Waals surface area contributed by atoms with Crippen LogP contribution in [0, 0.1) is 116 Å². The predicted octanol–water partition coefficient (Wildman–Crippen LogP) is 7.19. The van der Waals surface area contributed by atoms with Gasteiger partial charge >= 0.3 is 89.3 Å². The summed E-state index contributed by atoms with van der Waals surface area (Å²) < 4.78 is 297. The van der Waals surface area contributed by atoms with Gasteiger partial charge in [-0.2, -0.15) is 0 Å². The average molecular weight is 955 g/mol. The SMILES string of the molecule is Fc1c(F)c(F)c([B-](c2c(F)c(F)c(F)c(F)c2F)(c2c(F)c(F)c(F)c(F)c2F)c2c(F)c(F)c(F)c(F)c2F)c(F)c1F.c1cc[c]([Sb+][c]2ccccc2)cc1. The Hall–Kier alpha value is -5.20. The first-order valence-corrected chi connectivity index (χ1v) is 17.8. The van der Waals surface area contributed by atoms with Gasteiger partial charge in [-0.25, -0.2) is 87.8 Å². The van der Waals surface area contributed by atoms with Crippen LogP contribution in [0.25, 0.3) is 0 Å². The molecule has 0 bridgehead atoms. The second kappa shape index (κ2) is 16.6. The third kappa shape index (κ3) is 6.93. The molecule has 6 rings (SSSR count). The van der Waals surface area contributed by atoms with Crippen molar-refractivity contribution in [1.29, 1.82) is 0 Å². The molecule has 0 heterocycles. The number of benzene rings is 6. The first-order valence-electron chi connectivity index (χ1n) is 15.2. The normalized spacial score (nSPS) is 11.5. The summed E-state index contributed by atoms with van der Waals surface area (Å²) in [6.07, 6.45) is -7.22. The van der Waals surface area contributed by atoms with E-state index in [1.165, 1.54) is 7.02 Å². The molecule has 58 heavy (non-hydrogen) atoms. The van der Waals surface area contributed by atoms with Crippen molar-refractivity contribution in [2.75, 3.05) is 0 Å². The Balaban J connectivity index is 0.000000414. The summed E-state index contributed by atoms with van der Waals surface area (Å²) >= 11 is -0.335. The van der Waals surface area contributed by atoms with Crippen molar-refractivity contribution in [3.63, 3.8) is 0 Å². The molecule has 0 unspecified atom stereocenters. The molecule has 0 saturated heterocycles. The van der Waals surface area contributed by atoms with E-state index in [2.05, 4.69) is 60.7 Å². The van der Waals surface area contributed by atoms with Gasteiger partial charge in [0, 0.05) is 0 Å². The van der Waals surface area contributed by atoms with E-state index in [1.54, 1.807) is 0 Å². The van der Waals surface area contributed by atoms with Gasteiger partial charge in [-0.05, 0) is 0 Å². The van der Waals surface area contributed by atoms with Crippen LogP contribution in [0.3, 0.4) is 0 Å². The van der Waals surface area contributed by atoms with Crippen molar-refractivity contribution in [3.05, 3.63) is 177 Å². The number of halogens is 20. The molecule has 302 valence electrons. The van der Waals surface area contributed by atoms with Gasteiger partial charge in [0.15, 0.2) is 69.8 Å². The molecule has 6 aromatic carbocycles. The number of hydrogen-bond donors (Lipinski definition) is 0. The van der Waals surface area contributed by atoms with Gasteiger partial charge in [0.25, 0.3) is 0 Å². The molecule has 0 nitrogen and oxygen atoms in total. The second-order valence-electron chi connectivity index (χ2n) is 11.6. The Labute approximate surface area is 320 Å². The molecule has 0 amide bonds. The van der Waals surface area contributed by atoms with Gasteiger partial charge in [-0.1, -0.05) is 0 Å². The Morgan fingerprint density at radius 2 is 0.379 bits per heavy atom. The topological polar surface area (TPSA) is 0 Å². The molecule has 0 aliphatic carbocycles. The van der Waals surface area contributed by atoms with Crippen LogP contribution in [0.4, 0.5) is 87.8 Å². The molecule has 0 spiro atoms. The minimum atomic E-state index is -7.22. The zero-order valence-corrected chi connectivity index (χ0v) is 29.9. The van der Waals surface area contributed by atoms with Crippen molar-refractivity contribution < 1.29 is 87.8 Å². The van der Waals surface area contributed by atoms with Crippen molar-refractivity contribution in [1.82, 2.24) is 0 Å². The third-order valence-electron chi connectivity index (χ3n) is 8.48. The number of rotatable bonds is 6. The van der Waals surface area contributed by atoms with Crippen molar-refractivity contribution >= 4 is 56.6 Å². The van der Waals surface area contributed by atoms with E-state index in [0.717, 1.165) is 0 Å². The van der Waals surface area contributed by atoms with Gasteiger partial charge in [0.05, 0.1) is 0 Å². The quantitative estimate of drug-likeness (QED) is 0.0719. The molecule has 0 aliphatic heterocycles. The summed E-state index contributed by atoms with van der Waals surface area (Å²) in [7, 11) is 0. The van der Waals surface area contributed by atoms with Gasteiger partial charge in [-0.3, -0.25) is 0 Å². The maximum atomic E-state index is 15.4. The maximum absolute atomic E-state index is 15.4. The molecule has 0 aromatic heterocycles. The average Bonchev–Trinajstić information content (AvgIpc) is 3.21. The zero-order chi connectivity index (χ0) is 43.3. The van der Waals surface area contributed by atoms with Crippen LogP contribution in [0.1, 0.15) is 0 Å².